The van der Waals surface area contributed by atoms with Gasteiger partial charge in [-0.3, -0.25) is 9.71 Å². The van der Waals surface area contributed by atoms with E-state index in [1.54, 1.807) is 19.3 Å². The van der Waals surface area contributed by atoms with Gasteiger partial charge in [0.05, 0.1) is 6.20 Å². The number of aromatic nitrogens is 2. The Morgan fingerprint density at radius 1 is 1.25 bits per heavy atom. The zero-order chi connectivity index (χ0) is 21.2. The van der Waals surface area contributed by atoms with Gasteiger partial charge in [0, 0.05) is 25.9 Å². The van der Waals surface area contributed by atoms with Crippen LogP contribution in [0.4, 0.5) is 10.2 Å². The van der Waals surface area contributed by atoms with E-state index < -0.39 is 16.0 Å². The highest BCUT2D eigenvalue weighted by Gasteiger charge is 2.16. The molecule has 0 radical (unpaired) electrons. The number of halogens is 1. The van der Waals surface area contributed by atoms with Crippen molar-refractivity contribution >= 4 is 16.0 Å². The highest BCUT2D eigenvalue weighted by molar-refractivity contribution is 7.90. The van der Waals surface area contributed by atoms with Gasteiger partial charge in [0.25, 0.3) is 10.2 Å². The highest BCUT2D eigenvalue weighted by Crippen LogP contribution is 2.24. The zero-order valence-corrected chi connectivity index (χ0v) is 17.4. The Morgan fingerprint density at radius 2 is 1.96 bits per heavy atom. The van der Waals surface area contributed by atoms with Crippen LogP contribution in [0.5, 0.6) is 5.75 Å². The molecule has 28 heavy (non-hydrogen) atoms. The van der Waals surface area contributed by atoms with Gasteiger partial charge in [-0.1, -0.05) is 19.8 Å². The molecule has 7 nitrogen and oxygen atoms in total. The minimum Gasteiger partial charge on any atom is -0.479 e. The molecule has 0 fully saturated rings. The molecule has 0 aromatic carbocycles. The number of nitrogens with zero attached hydrogens (tertiary/aromatic N) is 2. The maximum atomic E-state index is 14.6. The summed E-state index contributed by atoms with van der Waals surface area (Å²) in [5.74, 6) is 4.99. The molecule has 0 aliphatic rings. The first-order valence-electron chi connectivity index (χ1n) is 8.68. The van der Waals surface area contributed by atoms with Gasteiger partial charge in [0.15, 0.2) is 11.6 Å². The van der Waals surface area contributed by atoms with Crippen LogP contribution in [-0.4, -0.2) is 32.0 Å². The van der Waals surface area contributed by atoms with E-state index in [-0.39, 0.29) is 24.4 Å². The largest absolute Gasteiger partial charge is 0.479 e. The topological polar surface area (TPSA) is 93.2 Å². The Labute approximate surface area is 165 Å². The van der Waals surface area contributed by atoms with Crippen molar-refractivity contribution in [3.05, 3.63) is 47.2 Å². The molecule has 2 aromatic rings. The summed E-state index contributed by atoms with van der Waals surface area (Å²) in [6, 6.07) is 1.49. The molecule has 152 valence electrons. The van der Waals surface area contributed by atoms with Gasteiger partial charge in [0.1, 0.15) is 12.4 Å². The lowest BCUT2D eigenvalue weighted by molar-refractivity contribution is 0.365. The van der Waals surface area contributed by atoms with Crippen LogP contribution < -0.4 is 14.2 Å². The van der Waals surface area contributed by atoms with Crippen molar-refractivity contribution < 1.29 is 17.5 Å². The first-order chi connectivity index (χ1) is 13.4. The summed E-state index contributed by atoms with van der Waals surface area (Å²) in [6.45, 7) is 7.80. The molecule has 0 unspecified atom stereocenters. The summed E-state index contributed by atoms with van der Waals surface area (Å²) < 4.78 is 47.3. The van der Waals surface area contributed by atoms with Gasteiger partial charge in [-0.15, -0.1) is 5.92 Å². The third-order valence-corrected chi connectivity index (χ3v) is 4.60. The van der Waals surface area contributed by atoms with Crippen molar-refractivity contribution in [2.24, 2.45) is 0 Å². The second-order valence-corrected chi connectivity index (χ2v) is 6.88. The first-order valence-corrected chi connectivity index (χ1v) is 10.2. The minimum absolute atomic E-state index is 0.206. The smallest absolute Gasteiger partial charge is 0.300 e. The molecule has 2 rings (SSSR count). The van der Waals surface area contributed by atoms with Crippen molar-refractivity contribution in [1.82, 2.24) is 14.7 Å². The van der Waals surface area contributed by atoms with Crippen molar-refractivity contribution in [3.63, 3.8) is 0 Å². The lowest BCUT2D eigenvalue weighted by Gasteiger charge is -2.12. The van der Waals surface area contributed by atoms with Crippen LogP contribution in [0.3, 0.4) is 0 Å². The fourth-order valence-corrected chi connectivity index (χ4v) is 2.63. The van der Waals surface area contributed by atoms with Crippen LogP contribution in [0.25, 0.3) is 0 Å². The number of rotatable bonds is 7. The second-order valence-electron chi connectivity index (χ2n) is 5.26. The van der Waals surface area contributed by atoms with Crippen LogP contribution in [0.15, 0.2) is 24.7 Å². The third-order valence-electron chi connectivity index (χ3n) is 3.60. The van der Waals surface area contributed by atoms with Gasteiger partial charge >= 0.3 is 0 Å². The molecule has 0 saturated carbocycles. The summed E-state index contributed by atoms with van der Waals surface area (Å²) in [5, 5.41) is 0. The van der Waals surface area contributed by atoms with Crippen LogP contribution in [0.2, 0.25) is 0 Å². The van der Waals surface area contributed by atoms with Gasteiger partial charge < -0.3 is 4.74 Å². The first kappa shape index (κ1) is 23.3. The monoisotopic (exact) mass is 408 g/mol. The molecular formula is C19H25FN4O3S. The maximum absolute atomic E-state index is 14.6. The van der Waals surface area contributed by atoms with Gasteiger partial charge in [-0.25, -0.2) is 14.1 Å². The van der Waals surface area contributed by atoms with Crippen LogP contribution in [0.1, 0.15) is 37.5 Å². The van der Waals surface area contributed by atoms with Crippen molar-refractivity contribution in [1.29, 1.82) is 0 Å². The highest BCUT2D eigenvalue weighted by atomic mass is 32.2. The molecular weight excluding hydrogens is 383 g/mol. The molecule has 0 aliphatic heterocycles. The van der Waals surface area contributed by atoms with E-state index in [1.165, 1.54) is 19.3 Å². The molecule has 2 N–H and O–H groups in total. The summed E-state index contributed by atoms with van der Waals surface area (Å²) in [6.07, 6.45) is 4.74. The average molecular weight is 408 g/mol. The predicted molar refractivity (Wildman–Crippen MR) is 108 cm³/mol. The van der Waals surface area contributed by atoms with Crippen LogP contribution in [0, 0.1) is 24.6 Å². The lowest BCUT2D eigenvalue weighted by Crippen LogP contribution is -2.27. The van der Waals surface area contributed by atoms with E-state index in [4.69, 9.17) is 4.74 Å². The van der Waals surface area contributed by atoms with E-state index >= 15 is 0 Å². The summed E-state index contributed by atoms with van der Waals surface area (Å²) in [4.78, 5) is 7.86. The molecule has 2 heterocycles. The Bertz CT molecular complexity index is 953. The number of ether oxygens (including phenoxy) is 1. The second kappa shape index (κ2) is 11.2. The van der Waals surface area contributed by atoms with Crippen molar-refractivity contribution in [3.8, 4) is 17.6 Å². The van der Waals surface area contributed by atoms with E-state index in [2.05, 4.69) is 21.8 Å². The summed E-state index contributed by atoms with van der Waals surface area (Å²) in [7, 11) is -2.64. The van der Waals surface area contributed by atoms with E-state index in [1.807, 2.05) is 30.2 Å². The normalized spacial score (nSPS) is 10.2. The Morgan fingerprint density at radius 3 is 2.61 bits per heavy atom. The van der Waals surface area contributed by atoms with Gasteiger partial charge in [0.2, 0.25) is 0 Å². The molecule has 0 aliphatic carbocycles. The Hall–Kier alpha value is -2.70. The van der Waals surface area contributed by atoms with Crippen LogP contribution in [-0.2, 0) is 16.6 Å². The average Bonchev–Trinajstić information content (AvgIpc) is 2.69. The van der Waals surface area contributed by atoms with Gasteiger partial charge in [-0.2, -0.15) is 8.42 Å². The van der Waals surface area contributed by atoms with E-state index in [9.17, 15) is 12.8 Å². The summed E-state index contributed by atoms with van der Waals surface area (Å²) in [5.41, 5.74) is 1.84. The van der Waals surface area contributed by atoms with Crippen LogP contribution >= 0.6 is 0 Å². The molecule has 2 aromatic heterocycles. The number of anilines is 1. The quantitative estimate of drug-likeness (QED) is 0.687. The van der Waals surface area contributed by atoms with Gasteiger partial charge in [-0.05, 0) is 36.6 Å². The minimum atomic E-state index is -3.86. The standard InChI is InChI=1S/C17H19FN4O3S.C2H6/c1-4-5-8-25-15-11-20-10-14(12(15)2)9-13-6-7-21-17(16(13)18)22-26(23,24)19-3;1-2/h6-7,10-11,19H,8-9H2,1-3H3,(H,21,22);1-2H3. The molecule has 0 atom stereocenters. The fourth-order valence-electron chi connectivity index (χ4n) is 2.13. The Balaban J connectivity index is 0.00000190. The molecule has 9 heteroatoms. The number of pyridine rings is 2. The third kappa shape index (κ3) is 6.48. The zero-order valence-electron chi connectivity index (χ0n) is 16.6. The van der Waals surface area contributed by atoms with Crippen molar-refractivity contribution in [2.45, 2.75) is 34.1 Å². The molecule has 0 saturated heterocycles. The predicted octanol–water partition coefficient (Wildman–Crippen LogP) is 2.82. The molecule has 0 bridgehead atoms. The number of hydrogen-bond acceptors (Lipinski definition) is 5. The number of hydrogen-bond donors (Lipinski definition) is 2. The van der Waals surface area contributed by atoms with E-state index in [0.29, 0.717) is 5.75 Å². The lowest BCUT2D eigenvalue weighted by atomic mass is 10.0. The SMILES string of the molecule is CC.CC#CCOc1cncc(Cc2ccnc(NS(=O)(=O)NC)c2F)c1C. The molecule has 0 amide bonds. The molecule has 0 spiro atoms. The van der Waals surface area contributed by atoms with Crippen molar-refractivity contribution in [2.75, 3.05) is 18.4 Å². The Kier molecular flexibility index (Phi) is 9.35. The maximum Gasteiger partial charge on any atom is 0.300 e. The van der Waals surface area contributed by atoms with E-state index in [0.717, 1.165) is 11.1 Å². The number of nitrogens with one attached hydrogen (secondary N) is 2. The fraction of sp³-hybridized carbons (Fsp3) is 0.368. The summed E-state index contributed by atoms with van der Waals surface area (Å²) >= 11 is 0.